The summed E-state index contributed by atoms with van der Waals surface area (Å²) in [7, 11) is 0. The summed E-state index contributed by atoms with van der Waals surface area (Å²) >= 11 is 0. The van der Waals surface area contributed by atoms with Gasteiger partial charge in [0.2, 0.25) is 0 Å². The maximum Gasteiger partial charge on any atom is 0.0402 e. The van der Waals surface area contributed by atoms with Gasteiger partial charge in [-0.15, -0.1) is 0 Å². The molecule has 0 atom stereocenters. The summed E-state index contributed by atoms with van der Waals surface area (Å²) in [4.78, 5) is 0. The van der Waals surface area contributed by atoms with E-state index in [9.17, 15) is 0 Å². The summed E-state index contributed by atoms with van der Waals surface area (Å²) in [5, 5.41) is 7.57. The maximum atomic E-state index is 7.57. The zero-order valence-electron chi connectivity index (χ0n) is 2.60. The highest BCUT2D eigenvalue weighted by Crippen LogP contribution is 1.30. The van der Waals surface area contributed by atoms with Crippen LogP contribution in [-0.2, 0) is 0 Å². The maximum absolute atomic E-state index is 7.57. The molecule has 0 rings (SSSR count). The Labute approximate surface area is 25.4 Å². The first-order chi connectivity index (χ1) is 1.41. The highest BCUT2D eigenvalue weighted by Gasteiger charge is 1.34. The van der Waals surface area contributed by atoms with Crippen LogP contribution in [0, 0.1) is 0 Å². The molecule has 4 heavy (non-hydrogen) atoms. The minimum atomic E-state index is 0. The van der Waals surface area contributed by atoms with Gasteiger partial charge >= 0.3 is 0 Å². The van der Waals surface area contributed by atoms with E-state index in [2.05, 4.69) is 0 Å². The molecule has 0 bridgehead atoms. The van der Waals surface area contributed by atoms with Crippen LogP contribution in [0.2, 0.25) is 0 Å². The molecule has 0 aromatic carbocycles. The van der Waals surface area contributed by atoms with Crippen LogP contribution in [0.25, 0.3) is 0 Å². The Hall–Kier alpha value is -0.0800. The lowest BCUT2D eigenvalue weighted by molar-refractivity contribution is 0.318. The van der Waals surface area contributed by atoms with Crippen LogP contribution in [0.1, 0.15) is 6.92 Å². The van der Waals surface area contributed by atoms with Crippen LogP contribution in [0.5, 0.6) is 0 Å². The van der Waals surface area contributed by atoms with Gasteiger partial charge in [-0.05, 0) is 6.92 Å². The van der Waals surface area contributed by atoms with Crippen LogP contribution >= 0.6 is 0 Å². The normalized spacial score (nSPS) is 4.50. The summed E-state index contributed by atoms with van der Waals surface area (Å²) in [5.41, 5.74) is 0. The van der Waals surface area contributed by atoms with Crippen LogP contribution in [0.15, 0.2) is 0 Å². The molecule has 0 spiro atoms. The van der Waals surface area contributed by atoms with Crippen molar-refractivity contribution < 1.29 is 10.6 Å². The smallest absolute Gasteiger partial charge is 0.0402 e. The first-order valence-electron chi connectivity index (χ1n) is 1.02. The molecule has 0 saturated carbocycles. The number of aliphatic hydroxyl groups is 1. The summed E-state index contributed by atoms with van der Waals surface area (Å²) in [6, 6.07) is 0. The molecule has 0 fully saturated rings. The van der Waals surface area contributed by atoms with E-state index in [4.69, 9.17) is 5.11 Å². The Balaban J connectivity index is 0. The minimum absolute atomic E-state index is 0. The van der Waals surface area contributed by atoms with Crippen molar-refractivity contribution in [2.75, 3.05) is 6.61 Å². The highest BCUT2D eigenvalue weighted by atomic mass is 16.2. The molecule has 2 heteroatoms. The highest BCUT2D eigenvalue weighted by molar-refractivity contribution is 3.84. The fraction of sp³-hybridized carbons (Fsp3) is 1.00. The zero-order valence-corrected chi connectivity index (χ0v) is 2.60. The van der Waals surface area contributed by atoms with Crippen molar-refractivity contribution in [3.8, 4) is 0 Å². The van der Waals surface area contributed by atoms with Gasteiger partial charge in [0.25, 0.3) is 0 Å². The zero-order chi connectivity index (χ0) is 2.71. The van der Waals surface area contributed by atoms with Gasteiger partial charge in [-0.25, -0.2) is 0 Å². The van der Waals surface area contributed by atoms with Gasteiger partial charge in [-0.1, -0.05) is 0 Å². The van der Waals surface area contributed by atoms with Gasteiger partial charge in [0.1, 0.15) is 0 Å². The molecule has 2 N–H and O–H groups in total. The third-order valence-electron chi connectivity index (χ3n) is 0. The molecule has 0 aliphatic rings. The van der Waals surface area contributed by atoms with Crippen molar-refractivity contribution in [3.63, 3.8) is 0 Å². The SMILES string of the molecule is CCO.[OH]. The Morgan fingerprint density at radius 2 is 1.75 bits per heavy atom. The van der Waals surface area contributed by atoms with E-state index < -0.39 is 0 Å². The molecule has 0 aromatic heterocycles. The quantitative estimate of drug-likeness (QED) is 0.402. The van der Waals surface area contributed by atoms with Crippen LogP contribution < -0.4 is 0 Å². The number of aliphatic hydroxyl groups excluding tert-OH is 1. The molecule has 0 unspecified atom stereocenters. The minimum Gasteiger partial charge on any atom is -0.397 e. The summed E-state index contributed by atoms with van der Waals surface area (Å²) in [6.07, 6.45) is 0. The first-order valence-corrected chi connectivity index (χ1v) is 1.02. The monoisotopic (exact) mass is 63.0 g/mol. The van der Waals surface area contributed by atoms with Crippen molar-refractivity contribution >= 4 is 0 Å². The lowest BCUT2D eigenvalue weighted by atomic mass is 10.9. The van der Waals surface area contributed by atoms with Crippen molar-refractivity contribution in [2.45, 2.75) is 6.92 Å². The Morgan fingerprint density at radius 1 is 1.75 bits per heavy atom. The topological polar surface area (TPSA) is 50.2 Å². The molecular weight excluding hydrogens is 56.0 g/mol. The lowest BCUT2D eigenvalue weighted by Crippen LogP contribution is -1.57. The van der Waals surface area contributed by atoms with Crippen molar-refractivity contribution in [1.29, 1.82) is 0 Å². The average molecular weight is 63.1 g/mol. The summed E-state index contributed by atoms with van der Waals surface area (Å²) < 4.78 is 0. The Kier molecular flexibility index (Phi) is 28.8. The first kappa shape index (κ1) is 9.07. The van der Waals surface area contributed by atoms with Gasteiger partial charge in [-0.2, -0.15) is 0 Å². The molecule has 1 radical (unpaired) electrons. The lowest BCUT2D eigenvalue weighted by Gasteiger charge is -1.52. The molecule has 0 heterocycles. The van der Waals surface area contributed by atoms with Gasteiger partial charge in [0.15, 0.2) is 0 Å². The van der Waals surface area contributed by atoms with E-state index in [-0.39, 0.29) is 12.1 Å². The van der Waals surface area contributed by atoms with E-state index in [0.717, 1.165) is 0 Å². The van der Waals surface area contributed by atoms with Crippen LogP contribution in [0.4, 0.5) is 0 Å². The molecule has 0 amide bonds. The van der Waals surface area contributed by atoms with E-state index >= 15 is 0 Å². The number of hydrogen-bond acceptors (Lipinski definition) is 1. The van der Waals surface area contributed by atoms with Gasteiger partial charge < -0.3 is 5.11 Å². The van der Waals surface area contributed by atoms with Crippen LogP contribution in [-0.4, -0.2) is 17.2 Å². The second-order valence-electron chi connectivity index (χ2n) is 0.316. The predicted molar refractivity (Wildman–Crippen MR) is 14.7 cm³/mol. The Morgan fingerprint density at radius 3 is 1.75 bits per heavy atom. The number of hydrogen-bond donors (Lipinski definition) is 2. The van der Waals surface area contributed by atoms with E-state index in [1.807, 2.05) is 0 Å². The standard InChI is InChI=1S/C2H6O.HO/c1-2-3;/h3H,2H2,1H3;1H. The molecular formula is C2H7O2. The van der Waals surface area contributed by atoms with Gasteiger partial charge in [-0.3, -0.25) is 5.48 Å². The molecule has 27 valence electrons. The second-order valence-corrected chi connectivity index (χ2v) is 0.316. The van der Waals surface area contributed by atoms with Gasteiger partial charge in [0.05, 0.1) is 0 Å². The fourth-order valence-corrected chi connectivity index (χ4v) is 0. The largest absolute Gasteiger partial charge is 0.397 e. The Bertz CT molecular complexity index is 4.00. The van der Waals surface area contributed by atoms with E-state index in [1.54, 1.807) is 6.92 Å². The number of rotatable bonds is 0. The van der Waals surface area contributed by atoms with Crippen molar-refractivity contribution in [3.05, 3.63) is 0 Å². The average Bonchev–Trinajstić information content (AvgIpc) is 0.918. The summed E-state index contributed by atoms with van der Waals surface area (Å²) in [6.45, 7) is 1.93. The molecule has 0 saturated heterocycles. The van der Waals surface area contributed by atoms with E-state index in [1.165, 1.54) is 0 Å². The van der Waals surface area contributed by atoms with E-state index in [0.29, 0.717) is 0 Å². The molecule has 0 aromatic rings. The second kappa shape index (κ2) is 12.7. The molecule has 0 aliphatic carbocycles. The van der Waals surface area contributed by atoms with Gasteiger partial charge in [0, 0.05) is 6.61 Å². The van der Waals surface area contributed by atoms with Crippen LogP contribution in [0.3, 0.4) is 0 Å². The predicted octanol–water partition coefficient (Wildman–Crippen LogP) is -0.178. The summed E-state index contributed by atoms with van der Waals surface area (Å²) in [5.74, 6) is 0. The molecule has 0 aliphatic heterocycles. The molecule has 2 nitrogen and oxygen atoms in total. The fourth-order valence-electron chi connectivity index (χ4n) is 0. The van der Waals surface area contributed by atoms with Crippen molar-refractivity contribution in [2.24, 2.45) is 0 Å². The van der Waals surface area contributed by atoms with Crippen molar-refractivity contribution in [1.82, 2.24) is 0 Å². The third kappa shape index (κ3) is 254. The third-order valence-corrected chi connectivity index (χ3v) is 0.